The summed E-state index contributed by atoms with van der Waals surface area (Å²) in [6, 6.07) is 7.16. The van der Waals surface area contributed by atoms with E-state index in [-0.39, 0.29) is 5.92 Å². The molecule has 1 atom stereocenters. The van der Waals surface area contributed by atoms with Crippen LogP contribution < -0.4 is 0 Å². The van der Waals surface area contributed by atoms with E-state index in [2.05, 4.69) is 20.1 Å². The summed E-state index contributed by atoms with van der Waals surface area (Å²) in [6.45, 7) is 9.63. The zero-order valence-corrected chi connectivity index (χ0v) is 7.83. The highest BCUT2D eigenvalue weighted by atomic mass is 16.3. The number of benzene rings is 1. The van der Waals surface area contributed by atoms with Crippen LogP contribution in [0.2, 0.25) is 0 Å². The van der Waals surface area contributed by atoms with Crippen molar-refractivity contribution in [1.82, 2.24) is 0 Å². The number of hydrogen-bond donors (Lipinski definition) is 1. The fourth-order valence-electron chi connectivity index (χ4n) is 1.15. The molecule has 0 saturated heterocycles. The minimum Gasteiger partial charge on any atom is -0.508 e. The van der Waals surface area contributed by atoms with E-state index in [9.17, 15) is 0 Å². The van der Waals surface area contributed by atoms with E-state index in [1.54, 1.807) is 18.2 Å². The van der Waals surface area contributed by atoms with Crippen molar-refractivity contribution in [2.24, 2.45) is 0 Å². The molecule has 13 heavy (non-hydrogen) atoms. The fourth-order valence-corrected chi connectivity index (χ4v) is 1.15. The van der Waals surface area contributed by atoms with Crippen LogP contribution in [-0.4, -0.2) is 5.11 Å². The van der Waals surface area contributed by atoms with Gasteiger partial charge in [0.25, 0.3) is 0 Å². The van der Waals surface area contributed by atoms with Crippen molar-refractivity contribution in [3.05, 3.63) is 54.6 Å². The second-order valence-electron chi connectivity index (χ2n) is 3.09. The Morgan fingerprint density at radius 1 is 1.38 bits per heavy atom. The van der Waals surface area contributed by atoms with Crippen molar-refractivity contribution < 1.29 is 5.11 Å². The molecule has 0 spiro atoms. The van der Waals surface area contributed by atoms with Gasteiger partial charge in [-0.1, -0.05) is 38.3 Å². The van der Waals surface area contributed by atoms with Gasteiger partial charge in [-0.3, -0.25) is 0 Å². The third-order valence-corrected chi connectivity index (χ3v) is 2.21. The molecule has 0 amide bonds. The summed E-state index contributed by atoms with van der Waals surface area (Å²) in [5.74, 6) is 0.554. The minimum atomic E-state index is 0.262. The lowest BCUT2D eigenvalue weighted by molar-refractivity contribution is 0.475. The molecule has 0 bridgehead atoms. The van der Waals surface area contributed by atoms with Gasteiger partial charge in [0.15, 0.2) is 0 Å². The predicted molar refractivity (Wildman–Crippen MR) is 55.9 cm³/mol. The molecule has 0 fully saturated rings. The molecule has 1 nitrogen and oxygen atoms in total. The quantitative estimate of drug-likeness (QED) is 0.697. The van der Waals surface area contributed by atoms with Crippen LogP contribution in [0.4, 0.5) is 0 Å². The summed E-state index contributed by atoms with van der Waals surface area (Å²) in [7, 11) is 0. The van der Waals surface area contributed by atoms with Crippen LogP contribution in [0.15, 0.2) is 49.1 Å². The van der Waals surface area contributed by atoms with Gasteiger partial charge in [-0.15, -0.1) is 0 Å². The second-order valence-corrected chi connectivity index (χ2v) is 3.09. The molecule has 1 heteroatoms. The highest BCUT2D eigenvalue weighted by Crippen LogP contribution is 2.24. The van der Waals surface area contributed by atoms with Gasteiger partial charge in [0.2, 0.25) is 0 Å². The molecule has 68 valence electrons. The Bertz CT molecular complexity index is 308. The first-order chi connectivity index (χ1) is 6.15. The molecule has 0 aliphatic heterocycles. The van der Waals surface area contributed by atoms with Crippen LogP contribution in [0.5, 0.6) is 5.75 Å². The molecule has 1 N–H and O–H groups in total. The summed E-state index contributed by atoms with van der Waals surface area (Å²) in [5.41, 5.74) is 2.13. The van der Waals surface area contributed by atoms with Crippen molar-refractivity contribution in [2.45, 2.75) is 12.8 Å². The maximum Gasteiger partial charge on any atom is 0.115 e. The number of allylic oxidation sites excluding steroid dienone is 2. The lowest BCUT2D eigenvalue weighted by Gasteiger charge is -2.11. The van der Waals surface area contributed by atoms with Crippen LogP contribution in [0.3, 0.4) is 0 Å². The van der Waals surface area contributed by atoms with Gasteiger partial charge in [0.1, 0.15) is 5.75 Å². The van der Waals surface area contributed by atoms with E-state index in [0.29, 0.717) is 5.75 Å². The zero-order valence-electron chi connectivity index (χ0n) is 7.83. The maximum absolute atomic E-state index is 9.09. The molecule has 0 unspecified atom stereocenters. The molecular formula is C12H14O. The van der Waals surface area contributed by atoms with E-state index < -0.39 is 0 Å². The van der Waals surface area contributed by atoms with Crippen LogP contribution in [0.1, 0.15) is 18.4 Å². The predicted octanol–water partition coefficient (Wildman–Crippen LogP) is 3.24. The van der Waals surface area contributed by atoms with Gasteiger partial charge in [-0.05, 0) is 23.3 Å². The highest BCUT2D eigenvalue weighted by Gasteiger charge is 2.05. The van der Waals surface area contributed by atoms with Crippen molar-refractivity contribution in [3.63, 3.8) is 0 Å². The molecule has 0 aromatic heterocycles. The zero-order chi connectivity index (χ0) is 9.84. The minimum absolute atomic E-state index is 0.262. The van der Waals surface area contributed by atoms with Crippen molar-refractivity contribution in [3.8, 4) is 5.75 Å². The summed E-state index contributed by atoms with van der Waals surface area (Å²) >= 11 is 0. The Hall–Kier alpha value is -1.50. The van der Waals surface area contributed by atoms with E-state index >= 15 is 0 Å². The Labute approximate surface area is 79.0 Å². The van der Waals surface area contributed by atoms with Gasteiger partial charge in [0.05, 0.1) is 0 Å². The normalized spacial score (nSPS) is 12.1. The van der Waals surface area contributed by atoms with Crippen LogP contribution >= 0.6 is 0 Å². The van der Waals surface area contributed by atoms with Gasteiger partial charge in [0, 0.05) is 5.92 Å². The summed E-state index contributed by atoms with van der Waals surface area (Å²) in [6.07, 6.45) is 1.76. The lowest BCUT2D eigenvalue weighted by Crippen LogP contribution is -1.93. The smallest absolute Gasteiger partial charge is 0.115 e. The van der Waals surface area contributed by atoms with E-state index in [0.717, 1.165) is 11.1 Å². The second kappa shape index (κ2) is 3.94. The molecule has 0 aliphatic carbocycles. The molecule has 1 aromatic rings. The molecule has 0 heterocycles. The SMILES string of the molecule is C=CC(=C)[C@H](C)c1ccc(O)cc1. The molecule has 1 aromatic carbocycles. The molecule has 0 radical (unpaired) electrons. The lowest BCUT2D eigenvalue weighted by atomic mass is 9.94. The van der Waals surface area contributed by atoms with Crippen molar-refractivity contribution in [2.75, 3.05) is 0 Å². The van der Waals surface area contributed by atoms with E-state index in [1.807, 2.05) is 12.1 Å². The van der Waals surface area contributed by atoms with Gasteiger partial charge in [-0.25, -0.2) is 0 Å². The van der Waals surface area contributed by atoms with E-state index in [4.69, 9.17) is 5.11 Å². The first kappa shape index (κ1) is 9.59. The van der Waals surface area contributed by atoms with Gasteiger partial charge < -0.3 is 5.11 Å². The monoisotopic (exact) mass is 174 g/mol. The first-order valence-corrected chi connectivity index (χ1v) is 4.25. The average molecular weight is 174 g/mol. The first-order valence-electron chi connectivity index (χ1n) is 4.25. The maximum atomic E-state index is 9.09. The van der Waals surface area contributed by atoms with Crippen LogP contribution in [0.25, 0.3) is 0 Å². The summed E-state index contributed by atoms with van der Waals surface area (Å²) < 4.78 is 0. The van der Waals surface area contributed by atoms with Gasteiger partial charge in [-0.2, -0.15) is 0 Å². The topological polar surface area (TPSA) is 20.2 Å². The summed E-state index contributed by atoms with van der Waals surface area (Å²) in [5, 5.41) is 9.09. The standard InChI is InChI=1S/C12H14O/c1-4-9(2)10(3)11-5-7-12(13)8-6-11/h4-8,10,13H,1-2H2,3H3/t10-/m0/s1. The number of hydrogen-bond acceptors (Lipinski definition) is 1. The Balaban J connectivity index is 2.89. The fraction of sp³-hybridized carbons (Fsp3) is 0.167. The highest BCUT2D eigenvalue weighted by molar-refractivity contribution is 5.34. The van der Waals surface area contributed by atoms with E-state index in [1.165, 1.54) is 0 Å². The summed E-state index contributed by atoms with van der Waals surface area (Å²) in [4.78, 5) is 0. The largest absolute Gasteiger partial charge is 0.508 e. The van der Waals surface area contributed by atoms with Crippen LogP contribution in [-0.2, 0) is 0 Å². The third-order valence-electron chi connectivity index (χ3n) is 2.21. The molecule has 0 saturated carbocycles. The van der Waals surface area contributed by atoms with Crippen molar-refractivity contribution >= 4 is 0 Å². The Kier molecular flexibility index (Phi) is 2.91. The van der Waals surface area contributed by atoms with Gasteiger partial charge >= 0.3 is 0 Å². The van der Waals surface area contributed by atoms with Crippen molar-refractivity contribution in [1.29, 1.82) is 0 Å². The number of phenols is 1. The Morgan fingerprint density at radius 3 is 2.38 bits per heavy atom. The molecular weight excluding hydrogens is 160 g/mol. The molecule has 1 rings (SSSR count). The number of rotatable bonds is 3. The average Bonchev–Trinajstić information content (AvgIpc) is 2.17. The number of aromatic hydroxyl groups is 1. The molecule has 0 aliphatic rings. The third kappa shape index (κ3) is 2.22. The van der Waals surface area contributed by atoms with Crippen LogP contribution in [0, 0.1) is 0 Å². The number of phenolic OH excluding ortho intramolecular Hbond substituents is 1. The Morgan fingerprint density at radius 2 is 1.92 bits per heavy atom.